The van der Waals surface area contributed by atoms with Gasteiger partial charge in [0.25, 0.3) is 5.91 Å². The zero-order valence-electron chi connectivity index (χ0n) is 18.7. The first-order valence-electron chi connectivity index (χ1n) is 10.8. The van der Waals surface area contributed by atoms with Gasteiger partial charge in [0.2, 0.25) is 0 Å². The van der Waals surface area contributed by atoms with Gasteiger partial charge in [-0.25, -0.2) is 4.68 Å². The first-order chi connectivity index (χ1) is 17.0. The molecule has 4 aromatic rings. The van der Waals surface area contributed by atoms with Crippen molar-refractivity contribution in [1.29, 1.82) is 0 Å². The molecule has 5 nitrogen and oxygen atoms in total. The molecule has 1 aliphatic rings. The van der Waals surface area contributed by atoms with Crippen LogP contribution in [0.15, 0.2) is 90.0 Å². The second-order valence-corrected chi connectivity index (χ2v) is 9.90. The molecule has 3 aromatic carbocycles. The van der Waals surface area contributed by atoms with E-state index in [1.807, 2.05) is 91.1 Å². The zero-order valence-corrected chi connectivity index (χ0v) is 21.1. The lowest BCUT2D eigenvalue weighted by atomic mass is 10.1. The number of ether oxygens (including phenoxy) is 1. The van der Waals surface area contributed by atoms with Crippen molar-refractivity contribution in [1.82, 2.24) is 14.7 Å². The number of methoxy groups -OCH3 is 1. The lowest BCUT2D eigenvalue weighted by molar-refractivity contribution is -0.122. The molecule has 1 saturated heterocycles. The summed E-state index contributed by atoms with van der Waals surface area (Å²) in [6, 6.07) is 25.2. The average Bonchev–Trinajstić information content (AvgIpc) is 3.42. The van der Waals surface area contributed by atoms with Crippen LogP contribution in [-0.4, -0.2) is 32.0 Å². The van der Waals surface area contributed by atoms with Gasteiger partial charge in [0.1, 0.15) is 15.8 Å². The number of para-hydroxylation sites is 1. The number of carbonyl (C=O) groups is 1. The van der Waals surface area contributed by atoms with Crippen LogP contribution in [0.3, 0.4) is 0 Å². The van der Waals surface area contributed by atoms with Crippen LogP contribution in [0.4, 0.5) is 0 Å². The highest BCUT2D eigenvalue weighted by atomic mass is 35.5. The molecule has 1 aliphatic heterocycles. The quantitative estimate of drug-likeness (QED) is 0.213. The molecule has 174 valence electrons. The number of thioether (sulfide) groups is 1. The maximum atomic E-state index is 13.3. The molecule has 35 heavy (non-hydrogen) atoms. The molecule has 2 heterocycles. The molecule has 0 N–H and O–H groups in total. The molecule has 0 unspecified atom stereocenters. The molecule has 5 rings (SSSR count). The maximum absolute atomic E-state index is 13.3. The third-order valence-electron chi connectivity index (χ3n) is 5.53. The zero-order chi connectivity index (χ0) is 24.4. The number of nitrogens with zero attached hydrogens (tertiary/aromatic N) is 3. The summed E-state index contributed by atoms with van der Waals surface area (Å²) in [6.07, 6.45) is 3.76. The summed E-state index contributed by atoms with van der Waals surface area (Å²) in [5.41, 5.74) is 4.23. The van der Waals surface area contributed by atoms with Crippen LogP contribution >= 0.6 is 35.6 Å². The summed E-state index contributed by atoms with van der Waals surface area (Å²) in [7, 11) is 1.58. The molecule has 1 aromatic heterocycles. The largest absolute Gasteiger partial charge is 0.495 e. The van der Waals surface area contributed by atoms with Crippen molar-refractivity contribution in [3.05, 3.63) is 106 Å². The van der Waals surface area contributed by atoms with Gasteiger partial charge in [-0.2, -0.15) is 5.10 Å². The number of hydrogen-bond donors (Lipinski definition) is 0. The van der Waals surface area contributed by atoms with Crippen molar-refractivity contribution in [3.63, 3.8) is 0 Å². The number of benzene rings is 3. The SMILES string of the molecule is COc1ccc(-c2nn(-c3ccccc3)cc2/C=C2\SC(=S)N(Cc3ccccc3)C2=O)cc1Cl. The van der Waals surface area contributed by atoms with E-state index in [-0.39, 0.29) is 5.91 Å². The fourth-order valence-corrected chi connectivity index (χ4v) is 5.29. The fraction of sp³-hybridized carbons (Fsp3) is 0.0741. The third kappa shape index (κ3) is 4.89. The number of aromatic nitrogens is 2. The molecule has 1 amide bonds. The first-order valence-corrected chi connectivity index (χ1v) is 12.4. The number of halogens is 1. The Hall–Kier alpha value is -3.39. The summed E-state index contributed by atoms with van der Waals surface area (Å²) < 4.78 is 7.63. The molecule has 0 spiro atoms. The van der Waals surface area contributed by atoms with E-state index < -0.39 is 0 Å². The number of carbonyl (C=O) groups excluding carboxylic acids is 1. The summed E-state index contributed by atoms with van der Waals surface area (Å²) in [5.74, 6) is 0.469. The standard InChI is InChI=1S/C27H20ClN3O2S2/c1-33-23-13-12-19(14-22(23)28)25-20(17-31(29-25)21-10-6-3-7-11-21)15-24-26(32)30(27(34)35-24)16-18-8-4-2-5-9-18/h2-15,17H,16H2,1H3/b24-15-. The summed E-state index contributed by atoms with van der Waals surface area (Å²) in [4.78, 5) is 15.5. The van der Waals surface area contributed by atoms with Crippen molar-refractivity contribution in [3.8, 4) is 22.7 Å². The van der Waals surface area contributed by atoms with Crippen LogP contribution in [0.5, 0.6) is 5.75 Å². The van der Waals surface area contributed by atoms with Gasteiger partial charge in [0.05, 0.1) is 29.3 Å². The number of hydrogen-bond acceptors (Lipinski definition) is 5. The monoisotopic (exact) mass is 517 g/mol. The van der Waals surface area contributed by atoms with E-state index in [4.69, 9.17) is 33.7 Å². The van der Waals surface area contributed by atoms with Crippen molar-refractivity contribution in [2.75, 3.05) is 7.11 Å². The second-order valence-electron chi connectivity index (χ2n) is 7.82. The Morgan fingerprint density at radius 2 is 1.77 bits per heavy atom. The van der Waals surface area contributed by atoms with E-state index in [1.54, 1.807) is 16.7 Å². The highest BCUT2D eigenvalue weighted by Gasteiger charge is 2.32. The Morgan fingerprint density at radius 1 is 1.06 bits per heavy atom. The van der Waals surface area contributed by atoms with Crippen molar-refractivity contribution < 1.29 is 9.53 Å². The van der Waals surface area contributed by atoms with Crippen LogP contribution < -0.4 is 4.74 Å². The Kier molecular flexibility index (Phi) is 6.72. The van der Waals surface area contributed by atoms with E-state index in [2.05, 4.69) is 0 Å². The first kappa shape index (κ1) is 23.4. The molecule has 0 aliphatic carbocycles. The van der Waals surface area contributed by atoms with Gasteiger partial charge in [0, 0.05) is 17.3 Å². The predicted molar refractivity (Wildman–Crippen MR) is 146 cm³/mol. The van der Waals surface area contributed by atoms with Gasteiger partial charge in [-0.15, -0.1) is 0 Å². The van der Waals surface area contributed by atoms with Gasteiger partial charge in [-0.1, -0.05) is 84.1 Å². The lowest BCUT2D eigenvalue weighted by Crippen LogP contribution is -2.27. The fourth-order valence-electron chi connectivity index (χ4n) is 3.79. The minimum Gasteiger partial charge on any atom is -0.495 e. The second kappa shape index (κ2) is 10.1. The molecule has 1 fully saturated rings. The predicted octanol–water partition coefficient (Wildman–Crippen LogP) is 6.60. The molecule has 0 saturated carbocycles. The van der Waals surface area contributed by atoms with Gasteiger partial charge in [0.15, 0.2) is 0 Å². The van der Waals surface area contributed by atoms with Gasteiger partial charge in [-0.3, -0.25) is 9.69 Å². The molecule has 0 radical (unpaired) electrons. The Labute approximate surface area is 218 Å². The maximum Gasteiger partial charge on any atom is 0.266 e. The number of amides is 1. The molecule has 8 heteroatoms. The van der Waals surface area contributed by atoms with Crippen molar-refractivity contribution in [2.45, 2.75) is 6.54 Å². The normalized spacial score (nSPS) is 14.7. The molecular weight excluding hydrogens is 498 g/mol. The lowest BCUT2D eigenvalue weighted by Gasteiger charge is -2.14. The minimum atomic E-state index is -0.116. The number of thiocarbonyl (C=S) groups is 1. The van der Waals surface area contributed by atoms with E-state index in [0.29, 0.717) is 32.2 Å². The minimum absolute atomic E-state index is 0.116. The molecular formula is C27H20ClN3O2S2. The third-order valence-corrected chi connectivity index (χ3v) is 7.21. The van der Waals surface area contributed by atoms with E-state index >= 15 is 0 Å². The van der Waals surface area contributed by atoms with Crippen LogP contribution in [0.25, 0.3) is 23.0 Å². The molecule has 0 bridgehead atoms. The highest BCUT2D eigenvalue weighted by Crippen LogP contribution is 2.37. The van der Waals surface area contributed by atoms with E-state index in [9.17, 15) is 4.79 Å². The Bertz CT molecular complexity index is 1440. The Morgan fingerprint density at radius 3 is 2.46 bits per heavy atom. The van der Waals surface area contributed by atoms with Crippen molar-refractivity contribution in [2.24, 2.45) is 0 Å². The summed E-state index contributed by atoms with van der Waals surface area (Å²) in [5, 5.41) is 5.31. The Balaban J connectivity index is 1.54. The van der Waals surface area contributed by atoms with Crippen molar-refractivity contribution >= 4 is 51.9 Å². The van der Waals surface area contributed by atoms with Gasteiger partial charge >= 0.3 is 0 Å². The van der Waals surface area contributed by atoms with Crippen LogP contribution in [-0.2, 0) is 11.3 Å². The summed E-state index contributed by atoms with van der Waals surface area (Å²) in [6.45, 7) is 0.438. The van der Waals surface area contributed by atoms with Crippen LogP contribution in [0.1, 0.15) is 11.1 Å². The average molecular weight is 518 g/mol. The van der Waals surface area contributed by atoms with E-state index in [0.717, 1.165) is 22.4 Å². The van der Waals surface area contributed by atoms with Crippen LogP contribution in [0.2, 0.25) is 5.02 Å². The van der Waals surface area contributed by atoms with Gasteiger partial charge < -0.3 is 4.74 Å². The summed E-state index contributed by atoms with van der Waals surface area (Å²) >= 11 is 13.2. The topological polar surface area (TPSA) is 47.4 Å². The smallest absolute Gasteiger partial charge is 0.266 e. The van der Waals surface area contributed by atoms with Gasteiger partial charge in [-0.05, 0) is 42.0 Å². The van der Waals surface area contributed by atoms with Crippen LogP contribution in [0, 0.1) is 0 Å². The molecule has 0 atom stereocenters. The highest BCUT2D eigenvalue weighted by molar-refractivity contribution is 8.26. The van der Waals surface area contributed by atoms with E-state index in [1.165, 1.54) is 11.8 Å². The number of rotatable bonds is 6.